The fourth-order valence-electron chi connectivity index (χ4n) is 3.03. The number of carbonyl (C=O) groups excluding carboxylic acids is 2. The highest BCUT2D eigenvalue weighted by molar-refractivity contribution is 7.98. The highest BCUT2D eigenvalue weighted by atomic mass is 32.2. The number of aromatic nitrogens is 2. The molecule has 1 fully saturated rings. The normalized spacial score (nSPS) is 18.7. The first-order chi connectivity index (χ1) is 12.1. The molecule has 3 N–H and O–H groups in total. The molecule has 8 heteroatoms. The largest absolute Gasteiger partial charge is 0.394 e. The van der Waals surface area contributed by atoms with Gasteiger partial charge in [0.25, 0.3) is 0 Å². The molecule has 1 aliphatic heterocycles. The monoisotopic (exact) mass is 362 g/mol. The number of thioether (sulfide) groups is 1. The van der Waals surface area contributed by atoms with Gasteiger partial charge in [-0.2, -0.15) is 16.9 Å². The van der Waals surface area contributed by atoms with Crippen molar-refractivity contribution in [3.63, 3.8) is 0 Å². The number of aromatic amines is 1. The third-order valence-corrected chi connectivity index (χ3v) is 5.08. The van der Waals surface area contributed by atoms with E-state index in [0.29, 0.717) is 18.8 Å². The predicted molar refractivity (Wildman–Crippen MR) is 98.6 cm³/mol. The van der Waals surface area contributed by atoms with Crippen molar-refractivity contribution in [2.24, 2.45) is 5.92 Å². The van der Waals surface area contributed by atoms with Gasteiger partial charge in [-0.15, -0.1) is 0 Å². The third kappa shape index (κ3) is 3.80. The number of fused-ring (bicyclic) bond motifs is 1. The van der Waals surface area contributed by atoms with E-state index >= 15 is 0 Å². The van der Waals surface area contributed by atoms with E-state index in [0.717, 1.165) is 16.7 Å². The fourth-order valence-corrected chi connectivity index (χ4v) is 3.55. The number of hydrogen-bond donors (Lipinski definition) is 3. The predicted octanol–water partition coefficient (Wildman–Crippen LogP) is 1.15. The number of nitrogens with one attached hydrogen (secondary N) is 2. The first-order valence-corrected chi connectivity index (χ1v) is 9.67. The van der Waals surface area contributed by atoms with E-state index in [1.54, 1.807) is 16.7 Å². The number of benzene rings is 1. The van der Waals surface area contributed by atoms with Crippen LogP contribution in [0.2, 0.25) is 0 Å². The third-order valence-electron chi connectivity index (χ3n) is 4.44. The first kappa shape index (κ1) is 17.8. The van der Waals surface area contributed by atoms with Crippen LogP contribution in [0.3, 0.4) is 0 Å². The minimum atomic E-state index is -0.425. The van der Waals surface area contributed by atoms with Crippen LogP contribution < -0.4 is 10.2 Å². The van der Waals surface area contributed by atoms with Crippen LogP contribution >= 0.6 is 11.8 Å². The number of anilines is 1. The number of aliphatic hydroxyl groups excluding tert-OH is 1. The molecular formula is C17H22N4O3S. The highest BCUT2D eigenvalue weighted by Gasteiger charge is 2.37. The summed E-state index contributed by atoms with van der Waals surface area (Å²) in [5, 5.41) is 20.3. The minimum Gasteiger partial charge on any atom is -0.394 e. The van der Waals surface area contributed by atoms with Crippen LogP contribution in [0.25, 0.3) is 10.9 Å². The molecule has 1 unspecified atom stereocenters. The van der Waals surface area contributed by atoms with Crippen molar-refractivity contribution in [3.05, 3.63) is 24.3 Å². The summed E-state index contributed by atoms with van der Waals surface area (Å²) in [5.41, 5.74) is 0.857. The van der Waals surface area contributed by atoms with E-state index in [4.69, 9.17) is 0 Å². The second-order valence-electron chi connectivity index (χ2n) is 6.17. The lowest BCUT2D eigenvalue weighted by molar-refractivity contribution is -0.127. The Kier molecular flexibility index (Phi) is 5.60. The van der Waals surface area contributed by atoms with Crippen LogP contribution in [0, 0.1) is 5.92 Å². The van der Waals surface area contributed by atoms with Gasteiger partial charge in [0.2, 0.25) is 11.8 Å². The Hall–Kier alpha value is -2.06. The molecule has 1 aromatic carbocycles. The summed E-state index contributed by atoms with van der Waals surface area (Å²) in [7, 11) is 0. The number of H-pyrrole nitrogens is 1. The fraction of sp³-hybridized carbons (Fsp3) is 0.471. The Morgan fingerprint density at radius 1 is 1.52 bits per heavy atom. The Morgan fingerprint density at radius 2 is 2.32 bits per heavy atom. The summed E-state index contributed by atoms with van der Waals surface area (Å²) in [6.45, 7) is 0.209. The summed E-state index contributed by atoms with van der Waals surface area (Å²) in [5.74, 6) is 0.710. The topological polar surface area (TPSA) is 98.3 Å². The van der Waals surface area contributed by atoms with Crippen LogP contribution in [0.4, 0.5) is 5.82 Å². The maximum atomic E-state index is 12.5. The van der Waals surface area contributed by atoms with Crippen molar-refractivity contribution in [2.75, 3.05) is 30.1 Å². The number of nitrogens with zero attached hydrogens (tertiary/aromatic N) is 2. The van der Waals surface area contributed by atoms with Crippen molar-refractivity contribution in [2.45, 2.75) is 18.9 Å². The van der Waals surface area contributed by atoms with Gasteiger partial charge in [-0.05, 0) is 30.6 Å². The van der Waals surface area contributed by atoms with Gasteiger partial charge in [0.05, 0.1) is 24.1 Å². The molecule has 1 saturated heterocycles. The van der Waals surface area contributed by atoms with Crippen LogP contribution in [0.5, 0.6) is 0 Å². The van der Waals surface area contributed by atoms with Crippen LogP contribution in [0.1, 0.15) is 12.8 Å². The molecule has 0 saturated carbocycles. The van der Waals surface area contributed by atoms with Gasteiger partial charge in [-0.3, -0.25) is 19.6 Å². The molecule has 134 valence electrons. The molecule has 25 heavy (non-hydrogen) atoms. The lowest BCUT2D eigenvalue weighted by Gasteiger charge is -2.18. The zero-order valence-electron chi connectivity index (χ0n) is 14.1. The van der Waals surface area contributed by atoms with Gasteiger partial charge in [-0.25, -0.2) is 0 Å². The number of carbonyl (C=O) groups is 2. The SMILES string of the molecule is CSCC[C@@H](CO)NC(=O)C1CC(=O)N(c2n[nH]c3ccccc23)C1. The molecule has 2 amide bonds. The summed E-state index contributed by atoms with van der Waals surface area (Å²) in [6.07, 6.45) is 2.85. The molecule has 0 spiro atoms. The van der Waals surface area contributed by atoms with Gasteiger partial charge in [0.1, 0.15) is 0 Å². The van der Waals surface area contributed by atoms with Gasteiger partial charge in [0.15, 0.2) is 5.82 Å². The van der Waals surface area contributed by atoms with E-state index in [1.165, 1.54) is 0 Å². The Morgan fingerprint density at radius 3 is 3.08 bits per heavy atom. The van der Waals surface area contributed by atoms with Crippen LogP contribution in [-0.4, -0.2) is 58.3 Å². The zero-order chi connectivity index (χ0) is 17.8. The zero-order valence-corrected chi connectivity index (χ0v) is 14.9. The molecule has 2 atom stereocenters. The molecule has 0 bridgehead atoms. The standard InChI is InChI=1S/C17H22N4O3S/c1-25-7-6-12(10-22)18-17(24)11-8-15(23)21(9-11)16-13-4-2-3-5-14(13)19-20-16/h2-5,11-12,22H,6-10H2,1H3,(H,18,24)(H,19,20)/t11?,12-/m0/s1. The quantitative estimate of drug-likeness (QED) is 0.686. The average Bonchev–Trinajstić information content (AvgIpc) is 3.21. The Balaban J connectivity index is 1.68. The second kappa shape index (κ2) is 7.88. The van der Waals surface area contributed by atoms with Gasteiger partial charge in [0, 0.05) is 18.4 Å². The van der Waals surface area contributed by atoms with Crippen molar-refractivity contribution in [3.8, 4) is 0 Å². The number of amides is 2. The summed E-state index contributed by atoms with van der Waals surface area (Å²) >= 11 is 1.67. The molecule has 7 nitrogen and oxygen atoms in total. The van der Waals surface area contributed by atoms with E-state index < -0.39 is 5.92 Å². The molecule has 2 heterocycles. The van der Waals surface area contributed by atoms with Crippen molar-refractivity contribution < 1.29 is 14.7 Å². The summed E-state index contributed by atoms with van der Waals surface area (Å²) < 4.78 is 0. The van der Waals surface area contributed by atoms with Gasteiger partial charge >= 0.3 is 0 Å². The maximum absolute atomic E-state index is 12.5. The second-order valence-corrected chi connectivity index (χ2v) is 7.15. The lowest BCUT2D eigenvalue weighted by Crippen LogP contribution is -2.42. The smallest absolute Gasteiger partial charge is 0.229 e. The minimum absolute atomic E-state index is 0.0965. The van der Waals surface area contributed by atoms with E-state index in [9.17, 15) is 14.7 Å². The van der Waals surface area contributed by atoms with E-state index in [-0.39, 0.29) is 30.9 Å². The molecule has 0 aliphatic carbocycles. The summed E-state index contributed by atoms with van der Waals surface area (Å²) in [6, 6.07) is 7.32. The number of rotatable bonds is 7. The molecular weight excluding hydrogens is 340 g/mol. The van der Waals surface area contributed by atoms with E-state index in [2.05, 4.69) is 15.5 Å². The molecule has 1 aromatic heterocycles. The number of aliphatic hydroxyl groups is 1. The lowest BCUT2D eigenvalue weighted by atomic mass is 10.1. The number of para-hydroxylation sites is 1. The molecule has 1 aliphatic rings. The molecule has 0 radical (unpaired) electrons. The maximum Gasteiger partial charge on any atom is 0.229 e. The van der Waals surface area contributed by atoms with Gasteiger partial charge in [-0.1, -0.05) is 12.1 Å². The van der Waals surface area contributed by atoms with Crippen LogP contribution in [-0.2, 0) is 9.59 Å². The number of hydrogen-bond acceptors (Lipinski definition) is 5. The van der Waals surface area contributed by atoms with Crippen molar-refractivity contribution in [1.29, 1.82) is 0 Å². The van der Waals surface area contributed by atoms with Crippen LogP contribution in [0.15, 0.2) is 24.3 Å². The van der Waals surface area contributed by atoms with Crippen molar-refractivity contribution >= 4 is 40.3 Å². The Bertz CT molecular complexity index is 763. The highest BCUT2D eigenvalue weighted by Crippen LogP contribution is 2.29. The summed E-state index contributed by atoms with van der Waals surface area (Å²) in [4.78, 5) is 26.4. The first-order valence-electron chi connectivity index (χ1n) is 8.27. The van der Waals surface area contributed by atoms with Crippen molar-refractivity contribution in [1.82, 2.24) is 15.5 Å². The molecule has 3 rings (SSSR count). The van der Waals surface area contributed by atoms with Gasteiger partial charge < -0.3 is 10.4 Å². The van der Waals surface area contributed by atoms with E-state index in [1.807, 2.05) is 30.5 Å². The molecule has 2 aromatic rings. The average molecular weight is 362 g/mol. The Labute approximate surface area is 150 Å².